The van der Waals surface area contributed by atoms with Crippen LogP contribution in [0.25, 0.3) is 0 Å². The van der Waals surface area contributed by atoms with Crippen molar-refractivity contribution in [1.29, 1.82) is 0 Å². The molecule has 2 rings (SSSR count). The van der Waals surface area contributed by atoms with Crippen LogP contribution in [0.15, 0.2) is 29.2 Å². The molecule has 2 nitrogen and oxygen atoms in total. The van der Waals surface area contributed by atoms with E-state index in [9.17, 15) is 0 Å². The highest BCUT2D eigenvalue weighted by atomic mass is 32.2. The maximum Gasteiger partial charge on any atom is 0.0316 e. The number of piperidine rings is 1. The molecule has 1 aromatic carbocycles. The van der Waals surface area contributed by atoms with Crippen molar-refractivity contribution < 1.29 is 0 Å². The minimum absolute atomic E-state index is 0.505. The second-order valence-electron chi connectivity index (χ2n) is 5.58. The Morgan fingerprint density at radius 2 is 1.89 bits per heavy atom. The summed E-state index contributed by atoms with van der Waals surface area (Å²) in [5.74, 6) is 0.860. The van der Waals surface area contributed by atoms with Crippen molar-refractivity contribution in [1.82, 2.24) is 10.2 Å². The van der Waals surface area contributed by atoms with E-state index in [0.29, 0.717) is 6.04 Å². The van der Waals surface area contributed by atoms with Gasteiger partial charge in [-0.3, -0.25) is 4.90 Å². The van der Waals surface area contributed by atoms with Crippen molar-refractivity contribution >= 4 is 11.8 Å². The zero-order valence-corrected chi connectivity index (χ0v) is 13.2. The first kappa shape index (κ1) is 14.9. The van der Waals surface area contributed by atoms with Crippen LogP contribution in [0, 0.1) is 5.92 Å². The molecule has 19 heavy (non-hydrogen) atoms. The topological polar surface area (TPSA) is 15.3 Å². The molecule has 1 atom stereocenters. The summed E-state index contributed by atoms with van der Waals surface area (Å²) in [6.07, 6.45) is 4.77. The summed E-state index contributed by atoms with van der Waals surface area (Å²) in [7, 11) is 2.26. The maximum atomic E-state index is 3.44. The Balaban J connectivity index is 1.91. The smallest absolute Gasteiger partial charge is 0.0316 e. The highest BCUT2D eigenvalue weighted by molar-refractivity contribution is 7.98. The summed E-state index contributed by atoms with van der Waals surface area (Å²) in [5.41, 5.74) is 1.43. The molecule has 0 aromatic heterocycles. The van der Waals surface area contributed by atoms with Crippen LogP contribution >= 0.6 is 11.8 Å². The van der Waals surface area contributed by atoms with Crippen molar-refractivity contribution in [2.24, 2.45) is 5.92 Å². The summed E-state index contributed by atoms with van der Waals surface area (Å²) >= 11 is 1.81. The zero-order valence-electron chi connectivity index (χ0n) is 12.4. The summed E-state index contributed by atoms with van der Waals surface area (Å²) in [6.45, 7) is 5.91. The lowest BCUT2D eigenvalue weighted by Crippen LogP contribution is -2.35. The van der Waals surface area contributed by atoms with E-state index in [1.54, 1.807) is 11.8 Å². The summed E-state index contributed by atoms with van der Waals surface area (Å²) in [5, 5.41) is 3.44. The first-order chi connectivity index (χ1) is 9.20. The second kappa shape index (κ2) is 7.32. The van der Waals surface area contributed by atoms with Gasteiger partial charge in [-0.25, -0.2) is 0 Å². The molecule has 1 unspecified atom stereocenters. The highest BCUT2D eigenvalue weighted by Gasteiger charge is 2.18. The van der Waals surface area contributed by atoms with Crippen LogP contribution in [-0.2, 0) is 0 Å². The van der Waals surface area contributed by atoms with Crippen molar-refractivity contribution in [3.63, 3.8) is 0 Å². The van der Waals surface area contributed by atoms with Gasteiger partial charge in [-0.05, 0) is 69.8 Å². The molecule has 0 radical (unpaired) electrons. The van der Waals surface area contributed by atoms with Gasteiger partial charge in [-0.2, -0.15) is 0 Å². The number of thioether (sulfide) groups is 1. The van der Waals surface area contributed by atoms with Crippen molar-refractivity contribution in [2.75, 3.05) is 32.9 Å². The maximum absolute atomic E-state index is 3.44. The van der Waals surface area contributed by atoms with E-state index in [0.717, 1.165) is 5.92 Å². The molecule has 1 N–H and O–H groups in total. The van der Waals surface area contributed by atoms with Gasteiger partial charge in [-0.15, -0.1) is 11.8 Å². The molecule has 0 bridgehead atoms. The molecule has 1 aliphatic heterocycles. The second-order valence-corrected chi connectivity index (χ2v) is 6.46. The quantitative estimate of drug-likeness (QED) is 0.831. The van der Waals surface area contributed by atoms with Gasteiger partial charge in [0.25, 0.3) is 0 Å². The molecule has 1 aliphatic rings. The Labute approximate surface area is 122 Å². The molecule has 1 heterocycles. The van der Waals surface area contributed by atoms with E-state index in [4.69, 9.17) is 0 Å². The van der Waals surface area contributed by atoms with E-state index in [2.05, 4.69) is 54.7 Å². The average molecular weight is 278 g/mol. The molecule has 3 heteroatoms. The lowest BCUT2D eigenvalue weighted by atomic mass is 9.96. The number of benzene rings is 1. The number of rotatable bonds is 5. The third-order valence-electron chi connectivity index (χ3n) is 4.26. The molecule has 0 aliphatic carbocycles. The van der Waals surface area contributed by atoms with Crippen LogP contribution in [0.2, 0.25) is 0 Å². The van der Waals surface area contributed by atoms with E-state index < -0.39 is 0 Å². The molecule has 1 saturated heterocycles. The van der Waals surface area contributed by atoms with Gasteiger partial charge >= 0.3 is 0 Å². The molecule has 0 amide bonds. The Hall–Kier alpha value is -0.510. The minimum Gasteiger partial charge on any atom is -0.317 e. The lowest BCUT2D eigenvalue weighted by Gasteiger charge is -2.31. The van der Waals surface area contributed by atoms with Crippen LogP contribution in [-0.4, -0.2) is 37.8 Å². The fourth-order valence-electron chi connectivity index (χ4n) is 2.77. The number of hydrogen-bond donors (Lipinski definition) is 1. The third-order valence-corrected chi connectivity index (χ3v) is 5.01. The van der Waals surface area contributed by atoms with Crippen LogP contribution in [0.5, 0.6) is 0 Å². The normalized spacial score (nSPS) is 18.7. The largest absolute Gasteiger partial charge is 0.317 e. The molecule has 0 saturated carbocycles. The highest BCUT2D eigenvalue weighted by Crippen LogP contribution is 2.24. The molecule has 106 valence electrons. The monoisotopic (exact) mass is 278 g/mol. The van der Waals surface area contributed by atoms with Gasteiger partial charge in [0.15, 0.2) is 0 Å². The molecule has 0 spiro atoms. The minimum atomic E-state index is 0.505. The fourth-order valence-corrected chi connectivity index (χ4v) is 3.17. The number of nitrogens with one attached hydrogen (secondary N) is 1. The zero-order chi connectivity index (χ0) is 13.7. The van der Waals surface area contributed by atoms with E-state index in [1.165, 1.54) is 42.9 Å². The molecule has 1 fully saturated rings. The molecular weight excluding hydrogens is 252 g/mol. The Morgan fingerprint density at radius 3 is 2.47 bits per heavy atom. The number of nitrogens with zero attached hydrogens (tertiary/aromatic N) is 1. The van der Waals surface area contributed by atoms with Crippen LogP contribution in [0.3, 0.4) is 0 Å². The lowest BCUT2D eigenvalue weighted by molar-refractivity contribution is 0.196. The SMILES string of the molecule is CSc1ccc(C(C)N(C)CC2CCNCC2)cc1. The van der Waals surface area contributed by atoms with Crippen LogP contribution < -0.4 is 5.32 Å². The average Bonchev–Trinajstić information content (AvgIpc) is 2.47. The van der Waals surface area contributed by atoms with Gasteiger partial charge in [0.05, 0.1) is 0 Å². The van der Waals surface area contributed by atoms with Crippen molar-refractivity contribution in [3.05, 3.63) is 29.8 Å². The summed E-state index contributed by atoms with van der Waals surface area (Å²) in [4.78, 5) is 3.85. The summed E-state index contributed by atoms with van der Waals surface area (Å²) in [6, 6.07) is 9.51. The van der Waals surface area contributed by atoms with Crippen LogP contribution in [0.4, 0.5) is 0 Å². The van der Waals surface area contributed by atoms with Gasteiger partial charge in [0.2, 0.25) is 0 Å². The van der Waals surface area contributed by atoms with Crippen molar-refractivity contribution in [2.45, 2.75) is 30.7 Å². The predicted molar refractivity (Wildman–Crippen MR) is 84.9 cm³/mol. The standard InChI is InChI=1S/C16H26N2S/c1-13(15-4-6-16(19-3)7-5-15)18(2)12-14-8-10-17-11-9-14/h4-7,13-14,17H,8-12H2,1-3H3. The predicted octanol–water partition coefficient (Wildman–Crippen LogP) is 3.40. The summed E-state index contributed by atoms with van der Waals surface area (Å²) < 4.78 is 0. The molecule has 1 aromatic rings. The Kier molecular flexibility index (Phi) is 5.74. The van der Waals surface area contributed by atoms with E-state index >= 15 is 0 Å². The van der Waals surface area contributed by atoms with Gasteiger partial charge in [0.1, 0.15) is 0 Å². The fraction of sp³-hybridized carbons (Fsp3) is 0.625. The first-order valence-electron chi connectivity index (χ1n) is 7.25. The third kappa shape index (κ3) is 4.23. The van der Waals surface area contributed by atoms with Gasteiger partial charge in [-0.1, -0.05) is 12.1 Å². The van der Waals surface area contributed by atoms with Gasteiger partial charge < -0.3 is 5.32 Å². The first-order valence-corrected chi connectivity index (χ1v) is 8.48. The van der Waals surface area contributed by atoms with E-state index in [1.807, 2.05) is 0 Å². The molecular formula is C16H26N2S. The van der Waals surface area contributed by atoms with Crippen LogP contribution in [0.1, 0.15) is 31.4 Å². The Bertz CT molecular complexity index is 371. The van der Waals surface area contributed by atoms with E-state index in [-0.39, 0.29) is 0 Å². The number of hydrogen-bond acceptors (Lipinski definition) is 3. The van der Waals surface area contributed by atoms with Crippen molar-refractivity contribution in [3.8, 4) is 0 Å². The Morgan fingerprint density at radius 1 is 1.26 bits per heavy atom. The van der Waals surface area contributed by atoms with Gasteiger partial charge in [0, 0.05) is 17.5 Å².